The van der Waals surface area contributed by atoms with Crippen LogP contribution >= 0.6 is 0 Å². The predicted octanol–water partition coefficient (Wildman–Crippen LogP) is 2.42. The molecule has 0 unspecified atom stereocenters. The summed E-state index contributed by atoms with van der Waals surface area (Å²) in [6.45, 7) is 6.95. The molecule has 2 heterocycles. The molecule has 0 saturated heterocycles. The number of aromatic nitrogens is 2. The summed E-state index contributed by atoms with van der Waals surface area (Å²) in [5.74, 6) is 1.61. The third-order valence-electron chi connectivity index (χ3n) is 3.15. The zero-order chi connectivity index (χ0) is 13.1. The summed E-state index contributed by atoms with van der Waals surface area (Å²) in [5.41, 5.74) is 4.30. The topological polar surface area (TPSA) is 51.0 Å². The summed E-state index contributed by atoms with van der Waals surface area (Å²) >= 11 is 0. The molecule has 4 nitrogen and oxygen atoms in total. The number of aryl methyl sites for hydroxylation is 3. The van der Waals surface area contributed by atoms with E-state index < -0.39 is 0 Å². The molecule has 0 saturated carbocycles. The van der Waals surface area contributed by atoms with E-state index in [1.807, 2.05) is 33.9 Å². The fraction of sp³-hybridized carbons (Fsp3) is 0.429. The third-order valence-corrected chi connectivity index (χ3v) is 3.15. The van der Waals surface area contributed by atoms with E-state index in [1.54, 1.807) is 6.26 Å². The highest BCUT2D eigenvalue weighted by Crippen LogP contribution is 2.23. The standard InChI is InChI=1S/C14H19N3O/c1-9-12(5-7-15-4)10(2)17-14(16-9)13-6-8-18-11(13)3/h6,8,15H,5,7H2,1-4H3. The average Bonchev–Trinajstić information content (AvgIpc) is 2.74. The molecular formula is C14H19N3O. The van der Waals surface area contributed by atoms with Gasteiger partial charge in [0.1, 0.15) is 5.76 Å². The Hall–Kier alpha value is -1.68. The van der Waals surface area contributed by atoms with Gasteiger partial charge in [-0.25, -0.2) is 9.97 Å². The van der Waals surface area contributed by atoms with Crippen LogP contribution in [-0.4, -0.2) is 23.6 Å². The molecule has 18 heavy (non-hydrogen) atoms. The van der Waals surface area contributed by atoms with Gasteiger partial charge in [0, 0.05) is 11.4 Å². The van der Waals surface area contributed by atoms with E-state index >= 15 is 0 Å². The van der Waals surface area contributed by atoms with Crippen molar-refractivity contribution < 1.29 is 4.42 Å². The van der Waals surface area contributed by atoms with Gasteiger partial charge in [-0.15, -0.1) is 0 Å². The predicted molar refractivity (Wildman–Crippen MR) is 71.6 cm³/mol. The molecule has 0 spiro atoms. The highest BCUT2D eigenvalue weighted by Gasteiger charge is 2.12. The van der Waals surface area contributed by atoms with Crippen LogP contribution in [0.25, 0.3) is 11.4 Å². The molecular weight excluding hydrogens is 226 g/mol. The Morgan fingerprint density at radius 2 is 1.83 bits per heavy atom. The second-order valence-electron chi connectivity index (χ2n) is 4.44. The van der Waals surface area contributed by atoms with Crippen molar-refractivity contribution in [3.8, 4) is 11.4 Å². The number of nitrogens with one attached hydrogen (secondary N) is 1. The number of hydrogen-bond acceptors (Lipinski definition) is 4. The smallest absolute Gasteiger partial charge is 0.163 e. The van der Waals surface area contributed by atoms with Crippen LogP contribution in [0.15, 0.2) is 16.7 Å². The Labute approximate surface area is 107 Å². The molecule has 2 aromatic rings. The van der Waals surface area contributed by atoms with Gasteiger partial charge >= 0.3 is 0 Å². The van der Waals surface area contributed by atoms with Gasteiger partial charge < -0.3 is 9.73 Å². The first-order chi connectivity index (χ1) is 8.63. The van der Waals surface area contributed by atoms with E-state index in [4.69, 9.17) is 4.42 Å². The molecule has 0 aliphatic rings. The van der Waals surface area contributed by atoms with Crippen molar-refractivity contribution in [3.05, 3.63) is 35.0 Å². The second kappa shape index (κ2) is 5.31. The van der Waals surface area contributed by atoms with Crippen molar-refractivity contribution >= 4 is 0 Å². The monoisotopic (exact) mass is 245 g/mol. The molecule has 0 fully saturated rings. The summed E-state index contributed by atoms with van der Waals surface area (Å²) in [6.07, 6.45) is 2.63. The molecule has 0 radical (unpaired) electrons. The second-order valence-corrected chi connectivity index (χ2v) is 4.44. The zero-order valence-corrected chi connectivity index (χ0v) is 11.4. The molecule has 0 bridgehead atoms. The number of rotatable bonds is 4. The molecule has 1 N–H and O–H groups in total. The SMILES string of the molecule is CNCCc1c(C)nc(-c2ccoc2C)nc1C. The van der Waals surface area contributed by atoms with Crippen LogP contribution in [0.2, 0.25) is 0 Å². The Balaban J connectivity index is 2.39. The lowest BCUT2D eigenvalue weighted by Crippen LogP contribution is -2.13. The Morgan fingerprint density at radius 1 is 1.17 bits per heavy atom. The largest absolute Gasteiger partial charge is 0.469 e. The van der Waals surface area contributed by atoms with Crippen molar-refractivity contribution in [3.63, 3.8) is 0 Å². The average molecular weight is 245 g/mol. The van der Waals surface area contributed by atoms with Gasteiger partial charge in [0.15, 0.2) is 5.82 Å². The van der Waals surface area contributed by atoms with E-state index in [2.05, 4.69) is 15.3 Å². The van der Waals surface area contributed by atoms with Crippen LogP contribution in [0.4, 0.5) is 0 Å². The molecule has 0 aliphatic heterocycles. The number of likely N-dealkylation sites (N-methyl/N-ethyl adjacent to an activating group) is 1. The van der Waals surface area contributed by atoms with Crippen LogP contribution in [0, 0.1) is 20.8 Å². The van der Waals surface area contributed by atoms with E-state index in [9.17, 15) is 0 Å². The molecule has 2 rings (SSSR count). The lowest BCUT2D eigenvalue weighted by atomic mass is 10.1. The molecule has 0 aliphatic carbocycles. The van der Waals surface area contributed by atoms with Gasteiger partial charge in [-0.05, 0) is 52.4 Å². The van der Waals surface area contributed by atoms with E-state index in [0.717, 1.165) is 41.5 Å². The van der Waals surface area contributed by atoms with Crippen LogP contribution in [-0.2, 0) is 6.42 Å². The quantitative estimate of drug-likeness (QED) is 0.898. The first-order valence-corrected chi connectivity index (χ1v) is 6.16. The van der Waals surface area contributed by atoms with Gasteiger partial charge in [-0.2, -0.15) is 0 Å². The van der Waals surface area contributed by atoms with Gasteiger partial charge in [-0.3, -0.25) is 0 Å². The minimum absolute atomic E-state index is 0.754. The van der Waals surface area contributed by atoms with E-state index in [-0.39, 0.29) is 0 Å². The van der Waals surface area contributed by atoms with Crippen molar-refractivity contribution in [1.82, 2.24) is 15.3 Å². The fourth-order valence-electron chi connectivity index (χ4n) is 2.09. The maximum absolute atomic E-state index is 5.30. The summed E-state index contributed by atoms with van der Waals surface area (Å²) < 4.78 is 5.30. The first kappa shape index (κ1) is 12.8. The zero-order valence-electron chi connectivity index (χ0n) is 11.4. The minimum Gasteiger partial charge on any atom is -0.469 e. The highest BCUT2D eigenvalue weighted by atomic mass is 16.3. The normalized spacial score (nSPS) is 10.9. The van der Waals surface area contributed by atoms with Gasteiger partial charge in [0.25, 0.3) is 0 Å². The maximum Gasteiger partial charge on any atom is 0.163 e. The molecule has 2 aromatic heterocycles. The van der Waals surface area contributed by atoms with Gasteiger partial charge in [-0.1, -0.05) is 0 Å². The van der Waals surface area contributed by atoms with Crippen LogP contribution in [0.3, 0.4) is 0 Å². The van der Waals surface area contributed by atoms with E-state index in [0.29, 0.717) is 0 Å². The number of hydrogen-bond donors (Lipinski definition) is 1. The van der Waals surface area contributed by atoms with Crippen LogP contribution < -0.4 is 5.32 Å². The highest BCUT2D eigenvalue weighted by molar-refractivity contribution is 5.57. The minimum atomic E-state index is 0.754. The van der Waals surface area contributed by atoms with Gasteiger partial charge in [0.05, 0.1) is 11.8 Å². The summed E-state index contributed by atoms with van der Waals surface area (Å²) in [6, 6.07) is 1.91. The first-order valence-electron chi connectivity index (χ1n) is 6.16. The maximum atomic E-state index is 5.30. The Bertz CT molecular complexity index is 523. The summed E-state index contributed by atoms with van der Waals surface area (Å²) in [7, 11) is 1.95. The van der Waals surface area contributed by atoms with Crippen LogP contribution in [0.1, 0.15) is 22.7 Å². The molecule has 4 heteroatoms. The van der Waals surface area contributed by atoms with E-state index in [1.165, 1.54) is 5.56 Å². The molecule has 0 atom stereocenters. The number of furan rings is 1. The molecule has 0 aromatic carbocycles. The lowest BCUT2D eigenvalue weighted by Gasteiger charge is -2.10. The Kier molecular flexibility index (Phi) is 3.77. The fourth-order valence-corrected chi connectivity index (χ4v) is 2.09. The summed E-state index contributed by atoms with van der Waals surface area (Å²) in [5, 5.41) is 3.15. The lowest BCUT2D eigenvalue weighted by molar-refractivity contribution is 0.535. The van der Waals surface area contributed by atoms with Crippen molar-refractivity contribution in [2.24, 2.45) is 0 Å². The van der Waals surface area contributed by atoms with Crippen molar-refractivity contribution in [2.75, 3.05) is 13.6 Å². The summed E-state index contributed by atoms with van der Waals surface area (Å²) in [4.78, 5) is 9.18. The third kappa shape index (κ3) is 2.43. The number of nitrogens with zero attached hydrogens (tertiary/aromatic N) is 2. The van der Waals surface area contributed by atoms with Crippen LogP contribution in [0.5, 0.6) is 0 Å². The van der Waals surface area contributed by atoms with Gasteiger partial charge in [0.2, 0.25) is 0 Å². The van der Waals surface area contributed by atoms with Crippen molar-refractivity contribution in [2.45, 2.75) is 27.2 Å². The van der Waals surface area contributed by atoms with Crippen molar-refractivity contribution in [1.29, 1.82) is 0 Å². The Morgan fingerprint density at radius 3 is 2.33 bits per heavy atom. The molecule has 0 amide bonds. The molecule has 96 valence electrons.